The molecule has 1 rings (SSSR count). The van der Waals surface area contributed by atoms with Crippen LogP contribution in [0.5, 0.6) is 0 Å². The summed E-state index contributed by atoms with van der Waals surface area (Å²) in [6.07, 6.45) is 3.38. The van der Waals surface area contributed by atoms with Gasteiger partial charge >= 0.3 is 0 Å². The maximum absolute atomic E-state index is 3.63. The van der Waals surface area contributed by atoms with Crippen molar-refractivity contribution < 1.29 is 0 Å². The smallest absolute Gasteiger partial charge is 0.0250 e. The second-order valence-corrected chi connectivity index (χ2v) is 6.06. The first-order valence-corrected chi connectivity index (χ1v) is 7.48. The maximum atomic E-state index is 3.63. The molecule has 0 bridgehead atoms. The Hall–Kier alpha value is -0.600. The Morgan fingerprint density at radius 1 is 1.39 bits per heavy atom. The van der Waals surface area contributed by atoms with Crippen LogP contribution in [0.2, 0.25) is 0 Å². The zero-order valence-electron chi connectivity index (χ0n) is 11.9. The molecule has 2 heteroatoms. The highest BCUT2D eigenvalue weighted by molar-refractivity contribution is 9.10. The van der Waals surface area contributed by atoms with E-state index in [2.05, 4.69) is 73.2 Å². The molecule has 100 valence electrons. The van der Waals surface area contributed by atoms with Crippen molar-refractivity contribution in [3.8, 4) is 0 Å². The van der Waals surface area contributed by atoms with Gasteiger partial charge in [-0.3, -0.25) is 0 Å². The molecule has 0 spiro atoms. The van der Waals surface area contributed by atoms with Crippen molar-refractivity contribution in [2.75, 3.05) is 13.1 Å². The van der Waals surface area contributed by atoms with E-state index in [0.29, 0.717) is 5.92 Å². The first-order valence-electron chi connectivity index (χ1n) is 6.69. The fourth-order valence-electron chi connectivity index (χ4n) is 1.77. The van der Waals surface area contributed by atoms with E-state index in [4.69, 9.17) is 0 Å². The Labute approximate surface area is 120 Å². The second kappa shape index (κ2) is 7.75. The van der Waals surface area contributed by atoms with Gasteiger partial charge in [0, 0.05) is 11.0 Å². The minimum atomic E-state index is 0.703. The molecule has 1 aromatic rings. The van der Waals surface area contributed by atoms with Crippen molar-refractivity contribution in [3.05, 3.63) is 39.4 Å². The number of halogens is 1. The summed E-state index contributed by atoms with van der Waals surface area (Å²) in [4.78, 5) is 0. The SMILES string of the molecule is CC/C(=C/c1ccc(C)cc1Br)CNCC(C)C. The van der Waals surface area contributed by atoms with E-state index in [0.717, 1.165) is 19.5 Å². The van der Waals surface area contributed by atoms with Gasteiger partial charge in [0.25, 0.3) is 0 Å². The molecule has 0 aliphatic carbocycles. The molecule has 0 fully saturated rings. The molecule has 1 nitrogen and oxygen atoms in total. The largest absolute Gasteiger partial charge is 0.313 e. The van der Waals surface area contributed by atoms with E-state index >= 15 is 0 Å². The van der Waals surface area contributed by atoms with E-state index in [9.17, 15) is 0 Å². The van der Waals surface area contributed by atoms with Crippen LogP contribution in [0.1, 0.15) is 38.3 Å². The number of hydrogen-bond donors (Lipinski definition) is 1. The summed E-state index contributed by atoms with van der Waals surface area (Å²) in [7, 11) is 0. The van der Waals surface area contributed by atoms with E-state index in [-0.39, 0.29) is 0 Å². The summed E-state index contributed by atoms with van der Waals surface area (Å²) < 4.78 is 1.18. The number of nitrogens with one attached hydrogen (secondary N) is 1. The van der Waals surface area contributed by atoms with Crippen molar-refractivity contribution in [2.24, 2.45) is 5.92 Å². The zero-order valence-corrected chi connectivity index (χ0v) is 13.5. The van der Waals surface area contributed by atoms with E-state index in [1.807, 2.05) is 0 Å². The highest BCUT2D eigenvalue weighted by atomic mass is 79.9. The van der Waals surface area contributed by atoms with Gasteiger partial charge in [0.2, 0.25) is 0 Å². The predicted octanol–water partition coefficient (Wildman–Crippen LogP) is 4.80. The van der Waals surface area contributed by atoms with Crippen LogP contribution in [0.15, 0.2) is 28.2 Å². The number of benzene rings is 1. The molecule has 0 aliphatic rings. The topological polar surface area (TPSA) is 12.0 Å². The minimum absolute atomic E-state index is 0.703. The monoisotopic (exact) mass is 309 g/mol. The Morgan fingerprint density at radius 2 is 2.11 bits per heavy atom. The van der Waals surface area contributed by atoms with Crippen LogP contribution in [-0.4, -0.2) is 13.1 Å². The van der Waals surface area contributed by atoms with Gasteiger partial charge in [-0.15, -0.1) is 0 Å². The van der Waals surface area contributed by atoms with Crippen molar-refractivity contribution in [1.82, 2.24) is 5.32 Å². The summed E-state index contributed by atoms with van der Waals surface area (Å²) >= 11 is 3.63. The molecule has 1 N–H and O–H groups in total. The first-order chi connectivity index (χ1) is 8.52. The molecule has 18 heavy (non-hydrogen) atoms. The summed E-state index contributed by atoms with van der Waals surface area (Å²) in [5.41, 5.74) is 4.00. The highest BCUT2D eigenvalue weighted by Gasteiger charge is 2.00. The van der Waals surface area contributed by atoms with Gasteiger partial charge in [0.05, 0.1) is 0 Å². The fraction of sp³-hybridized carbons (Fsp3) is 0.500. The third kappa shape index (κ3) is 5.36. The van der Waals surface area contributed by atoms with E-state index < -0.39 is 0 Å². The Kier molecular flexibility index (Phi) is 6.66. The third-order valence-corrected chi connectivity index (χ3v) is 3.56. The minimum Gasteiger partial charge on any atom is -0.313 e. The van der Waals surface area contributed by atoms with Crippen LogP contribution in [-0.2, 0) is 0 Å². The molecule has 1 aromatic carbocycles. The Balaban J connectivity index is 2.71. The van der Waals surface area contributed by atoms with Crippen molar-refractivity contribution in [3.63, 3.8) is 0 Å². The summed E-state index contributed by atoms with van der Waals surface area (Å²) in [5.74, 6) is 0.703. The second-order valence-electron chi connectivity index (χ2n) is 5.21. The predicted molar refractivity (Wildman–Crippen MR) is 84.9 cm³/mol. The van der Waals surface area contributed by atoms with Gasteiger partial charge in [-0.25, -0.2) is 0 Å². The van der Waals surface area contributed by atoms with Gasteiger partial charge in [0.1, 0.15) is 0 Å². The number of hydrogen-bond acceptors (Lipinski definition) is 1. The van der Waals surface area contributed by atoms with Gasteiger partial charge in [-0.2, -0.15) is 0 Å². The first kappa shape index (κ1) is 15.5. The van der Waals surface area contributed by atoms with Crippen LogP contribution < -0.4 is 5.32 Å². The van der Waals surface area contributed by atoms with Crippen LogP contribution in [0.4, 0.5) is 0 Å². The molecule has 0 atom stereocenters. The molecule has 0 amide bonds. The highest BCUT2D eigenvalue weighted by Crippen LogP contribution is 2.21. The Bertz CT molecular complexity index is 408. The number of aryl methyl sites for hydroxylation is 1. The number of rotatable bonds is 6. The van der Waals surface area contributed by atoms with Gasteiger partial charge in [-0.05, 0) is 43.0 Å². The normalized spacial score (nSPS) is 12.2. The lowest BCUT2D eigenvalue weighted by molar-refractivity contribution is 0.569. The summed E-state index contributed by atoms with van der Waals surface area (Å²) in [5, 5.41) is 3.50. The van der Waals surface area contributed by atoms with E-state index in [1.54, 1.807) is 0 Å². The molecule has 0 heterocycles. The van der Waals surface area contributed by atoms with E-state index in [1.165, 1.54) is 21.2 Å². The van der Waals surface area contributed by atoms with Gasteiger partial charge < -0.3 is 5.32 Å². The molecule has 0 unspecified atom stereocenters. The molecule has 0 saturated carbocycles. The standard InChI is InChI=1S/C16H24BrN/c1-5-14(11-18-10-12(2)3)9-15-7-6-13(4)8-16(15)17/h6-9,12,18H,5,10-11H2,1-4H3/b14-9-. The van der Waals surface area contributed by atoms with Gasteiger partial charge in [-0.1, -0.05) is 60.5 Å². The quantitative estimate of drug-likeness (QED) is 0.796. The fourth-order valence-corrected chi connectivity index (χ4v) is 2.38. The maximum Gasteiger partial charge on any atom is 0.0250 e. The van der Waals surface area contributed by atoms with Crippen molar-refractivity contribution >= 4 is 22.0 Å². The molecular weight excluding hydrogens is 286 g/mol. The molecule has 0 aromatic heterocycles. The summed E-state index contributed by atoms with van der Waals surface area (Å²) in [6.45, 7) is 10.9. The van der Waals surface area contributed by atoms with Crippen molar-refractivity contribution in [2.45, 2.75) is 34.1 Å². The summed E-state index contributed by atoms with van der Waals surface area (Å²) in [6, 6.07) is 6.50. The lowest BCUT2D eigenvalue weighted by Crippen LogP contribution is -2.21. The zero-order chi connectivity index (χ0) is 13.5. The lowest BCUT2D eigenvalue weighted by Gasteiger charge is -2.10. The lowest BCUT2D eigenvalue weighted by atomic mass is 10.1. The van der Waals surface area contributed by atoms with Crippen LogP contribution in [0.25, 0.3) is 6.08 Å². The van der Waals surface area contributed by atoms with Crippen LogP contribution in [0.3, 0.4) is 0 Å². The van der Waals surface area contributed by atoms with Gasteiger partial charge in [0.15, 0.2) is 0 Å². The average molecular weight is 310 g/mol. The molecule has 0 aliphatic heterocycles. The average Bonchev–Trinajstić information content (AvgIpc) is 2.30. The molecule has 0 saturated heterocycles. The van der Waals surface area contributed by atoms with Crippen molar-refractivity contribution in [1.29, 1.82) is 0 Å². The van der Waals surface area contributed by atoms with Crippen LogP contribution >= 0.6 is 15.9 Å². The Morgan fingerprint density at radius 3 is 2.67 bits per heavy atom. The molecule has 0 radical (unpaired) electrons. The third-order valence-electron chi connectivity index (χ3n) is 2.87. The molecular formula is C16H24BrN. The van der Waals surface area contributed by atoms with Crippen LogP contribution in [0, 0.1) is 12.8 Å².